The third-order valence-electron chi connectivity index (χ3n) is 3.59. The van der Waals surface area contributed by atoms with Crippen molar-refractivity contribution in [3.8, 4) is 0 Å². The van der Waals surface area contributed by atoms with E-state index in [-0.39, 0.29) is 12.1 Å². The predicted octanol–water partition coefficient (Wildman–Crippen LogP) is 0.848. The van der Waals surface area contributed by atoms with Gasteiger partial charge >= 0.3 is 0 Å². The molecule has 1 aliphatic heterocycles. The van der Waals surface area contributed by atoms with Gasteiger partial charge in [-0.15, -0.1) is 0 Å². The molecule has 4 heteroatoms. The molecule has 0 aromatic rings. The number of methoxy groups -OCH3 is 1. The molecule has 1 fully saturated rings. The van der Waals surface area contributed by atoms with Gasteiger partial charge in [0, 0.05) is 26.7 Å². The average molecular weight is 244 g/mol. The Balaban J connectivity index is 2.35. The maximum absolute atomic E-state index is 9.53. The van der Waals surface area contributed by atoms with Crippen molar-refractivity contribution < 1.29 is 9.84 Å². The maximum atomic E-state index is 9.53. The van der Waals surface area contributed by atoms with Crippen LogP contribution in [0.3, 0.4) is 0 Å². The third-order valence-corrected chi connectivity index (χ3v) is 3.59. The second kappa shape index (κ2) is 7.31. The lowest BCUT2D eigenvalue weighted by Crippen LogP contribution is -2.55. The number of hydrogen-bond donors (Lipinski definition) is 2. The molecule has 0 amide bonds. The Morgan fingerprint density at radius 2 is 2.06 bits per heavy atom. The van der Waals surface area contributed by atoms with Crippen LogP contribution < -0.4 is 5.32 Å². The molecule has 0 saturated carbocycles. The highest BCUT2D eigenvalue weighted by Gasteiger charge is 2.28. The van der Waals surface area contributed by atoms with E-state index in [0.29, 0.717) is 6.10 Å². The lowest BCUT2D eigenvalue weighted by Gasteiger charge is -2.38. The summed E-state index contributed by atoms with van der Waals surface area (Å²) in [6, 6.07) is 0. The molecule has 0 aromatic carbocycles. The van der Waals surface area contributed by atoms with Crippen LogP contribution in [0.15, 0.2) is 0 Å². The zero-order valence-electron chi connectivity index (χ0n) is 11.5. The summed E-state index contributed by atoms with van der Waals surface area (Å²) in [6.07, 6.45) is 3.73. The Morgan fingerprint density at radius 3 is 2.53 bits per heavy atom. The van der Waals surface area contributed by atoms with Crippen molar-refractivity contribution >= 4 is 0 Å². The van der Waals surface area contributed by atoms with Crippen molar-refractivity contribution in [2.75, 3.05) is 39.9 Å². The van der Waals surface area contributed by atoms with Crippen LogP contribution in [0.1, 0.15) is 33.1 Å². The molecule has 1 saturated heterocycles. The van der Waals surface area contributed by atoms with Crippen molar-refractivity contribution in [3.63, 3.8) is 0 Å². The van der Waals surface area contributed by atoms with Crippen molar-refractivity contribution in [2.24, 2.45) is 0 Å². The average Bonchev–Trinajstić information content (AvgIpc) is 2.37. The molecule has 102 valence electrons. The number of hydrogen-bond acceptors (Lipinski definition) is 4. The van der Waals surface area contributed by atoms with Gasteiger partial charge in [-0.05, 0) is 32.7 Å². The molecule has 0 radical (unpaired) electrons. The van der Waals surface area contributed by atoms with Gasteiger partial charge in [0.05, 0.1) is 18.2 Å². The minimum Gasteiger partial charge on any atom is -0.394 e. The highest BCUT2D eigenvalue weighted by molar-refractivity contribution is 4.87. The lowest BCUT2D eigenvalue weighted by molar-refractivity contribution is 0.0268. The number of ether oxygens (including phenoxy) is 1. The molecule has 1 unspecified atom stereocenters. The van der Waals surface area contributed by atoms with Crippen LogP contribution in [0.2, 0.25) is 0 Å². The fourth-order valence-electron chi connectivity index (χ4n) is 2.39. The molecule has 0 spiro atoms. The van der Waals surface area contributed by atoms with Crippen LogP contribution in [0.4, 0.5) is 0 Å². The van der Waals surface area contributed by atoms with Gasteiger partial charge in [0.1, 0.15) is 0 Å². The molecular formula is C13H28N2O2. The fourth-order valence-corrected chi connectivity index (χ4v) is 2.39. The summed E-state index contributed by atoms with van der Waals surface area (Å²) in [5.74, 6) is 0. The summed E-state index contributed by atoms with van der Waals surface area (Å²) in [6.45, 7) is 8.46. The molecule has 0 aromatic heterocycles. The predicted molar refractivity (Wildman–Crippen MR) is 70.3 cm³/mol. The Kier molecular flexibility index (Phi) is 6.41. The second-order valence-electron chi connectivity index (χ2n) is 5.36. The number of piperidine rings is 1. The number of aliphatic hydroxyl groups is 1. The summed E-state index contributed by atoms with van der Waals surface area (Å²) in [4.78, 5) is 2.42. The molecule has 0 aliphatic carbocycles. The van der Waals surface area contributed by atoms with E-state index in [2.05, 4.69) is 24.1 Å². The zero-order chi connectivity index (χ0) is 12.7. The van der Waals surface area contributed by atoms with E-state index < -0.39 is 0 Å². The molecule has 0 bridgehead atoms. The zero-order valence-corrected chi connectivity index (χ0v) is 11.5. The molecule has 1 heterocycles. The Bertz CT molecular complexity index is 206. The van der Waals surface area contributed by atoms with E-state index >= 15 is 0 Å². The minimum absolute atomic E-state index is 0.171. The fraction of sp³-hybridized carbons (Fsp3) is 1.00. The van der Waals surface area contributed by atoms with Gasteiger partial charge in [0.15, 0.2) is 0 Å². The molecule has 17 heavy (non-hydrogen) atoms. The first kappa shape index (κ1) is 14.9. The normalized spacial score (nSPS) is 22.6. The summed E-state index contributed by atoms with van der Waals surface area (Å²) < 4.78 is 5.37. The Hall–Kier alpha value is -0.160. The summed E-state index contributed by atoms with van der Waals surface area (Å²) in [7, 11) is 1.79. The summed E-state index contributed by atoms with van der Waals surface area (Å²) >= 11 is 0. The van der Waals surface area contributed by atoms with Gasteiger partial charge < -0.3 is 20.1 Å². The molecule has 1 aliphatic rings. The van der Waals surface area contributed by atoms with Crippen molar-refractivity contribution in [3.05, 3.63) is 0 Å². The summed E-state index contributed by atoms with van der Waals surface area (Å²) in [5.41, 5.74) is -0.171. The van der Waals surface area contributed by atoms with Gasteiger partial charge in [0.25, 0.3) is 0 Å². The van der Waals surface area contributed by atoms with E-state index in [9.17, 15) is 5.11 Å². The van der Waals surface area contributed by atoms with Gasteiger partial charge in [-0.1, -0.05) is 6.92 Å². The number of nitrogens with one attached hydrogen (secondary N) is 1. The SMILES string of the molecule is CCCNC(C)(CO)CN1CCC(OC)CC1. The van der Waals surface area contributed by atoms with E-state index in [1.54, 1.807) is 7.11 Å². The van der Waals surface area contributed by atoms with E-state index in [0.717, 1.165) is 45.4 Å². The van der Waals surface area contributed by atoms with Crippen LogP contribution in [0.25, 0.3) is 0 Å². The van der Waals surface area contributed by atoms with Crippen molar-refractivity contribution in [1.82, 2.24) is 10.2 Å². The monoisotopic (exact) mass is 244 g/mol. The largest absolute Gasteiger partial charge is 0.394 e. The molecule has 1 atom stereocenters. The molecule has 1 rings (SSSR count). The smallest absolute Gasteiger partial charge is 0.0623 e. The highest BCUT2D eigenvalue weighted by atomic mass is 16.5. The third kappa shape index (κ3) is 4.92. The van der Waals surface area contributed by atoms with Crippen LogP contribution in [0.5, 0.6) is 0 Å². The van der Waals surface area contributed by atoms with Gasteiger partial charge in [-0.25, -0.2) is 0 Å². The first-order valence-electron chi connectivity index (χ1n) is 6.74. The van der Waals surface area contributed by atoms with Crippen molar-refractivity contribution in [1.29, 1.82) is 0 Å². The van der Waals surface area contributed by atoms with E-state index in [1.165, 1.54) is 0 Å². The first-order valence-corrected chi connectivity index (χ1v) is 6.74. The lowest BCUT2D eigenvalue weighted by atomic mass is 10.00. The van der Waals surface area contributed by atoms with Crippen LogP contribution in [-0.2, 0) is 4.74 Å². The topological polar surface area (TPSA) is 44.7 Å². The number of rotatable bonds is 7. The minimum atomic E-state index is -0.171. The maximum Gasteiger partial charge on any atom is 0.0623 e. The van der Waals surface area contributed by atoms with E-state index in [4.69, 9.17) is 4.74 Å². The second-order valence-corrected chi connectivity index (χ2v) is 5.36. The van der Waals surface area contributed by atoms with Gasteiger partial charge in [-0.2, -0.15) is 0 Å². The highest BCUT2D eigenvalue weighted by Crippen LogP contribution is 2.15. The first-order chi connectivity index (χ1) is 8.13. The summed E-state index contributed by atoms with van der Waals surface area (Å²) in [5, 5.41) is 13.0. The van der Waals surface area contributed by atoms with Crippen molar-refractivity contribution in [2.45, 2.75) is 44.8 Å². The Morgan fingerprint density at radius 1 is 1.41 bits per heavy atom. The number of nitrogens with zero attached hydrogens (tertiary/aromatic N) is 1. The van der Waals surface area contributed by atoms with Crippen LogP contribution >= 0.6 is 0 Å². The Labute approximate surface area is 105 Å². The molecule has 2 N–H and O–H groups in total. The molecule has 4 nitrogen and oxygen atoms in total. The molecular weight excluding hydrogens is 216 g/mol. The quantitative estimate of drug-likeness (QED) is 0.697. The number of aliphatic hydroxyl groups excluding tert-OH is 1. The number of likely N-dealkylation sites (tertiary alicyclic amines) is 1. The van der Waals surface area contributed by atoms with E-state index in [1.807, 2.05) is 0 Å². The van der Waals surface area contributed by atoms with Crippen LogP contribution in [-0.4, -0.2) is 61.5 Å². The van der Waals surface area contributed by atoms with Gasteiger partial charge in [-0.3, -0.25) is 0 Å². The standard InChI is InChI=1S/C13H28N2O2/c1-4-7-14-13(2,11-16)10-15-8-5-12(17-3)6-9-15/h12,14,16H,4-11H2,1-3H3. The van der Waals surface area contributed by atoms with Crippen LogP contribution in [0, 0.1) is 0 Å². The van der Waals surface area contributed by atoms with Gasteiger partial charge in [0.2, 0.25) is 0 Å².